The third-order valence-electron chi connectivity index (χ3n) is 3.44. The van der Waals surface area contributed by atoms with E-state index in [9.17, 15) is 8.42 Å². The Morgan fingerprint density at radius 2 is 1.83 bits per heavy atom. The van der Waals surface area contributed by atoms with E-state index in [0.29, 0.717) is 15.6 Å². The fourth-order valence-electron chi connectivity index (χ4n) is 2.19. The van der Waals surface area contributed by atoms with Crippen LogP contribution in [0.25, 0.3) is 0 Å². The average Bonchev–Trinajstić information content (AvgIpc) is 2.54. The van der Waals surface area contributed by atoms with E-state index in [1.54, 1.807) is 24.3 Å². The van der Waals surface area contributed by atoms with Crippen molar-refractivity contribution in [2.24, 2.45) is 0 Å². The van der Waals surface area contributed by atoms with E-state index in [4.69, 9.17) is 11.6 Å². The molecule has 23 heavy (non-hydrogen) atoms. The van der Waals surface area contributed by atoms with Gasteiger partial charge < -0.3 is 0 Å². The number of hydrogen-bond acceptors (Lipinski definition) is 3. The summed E-state index contributed by atoms with van der Waals surface area (Å²) >= 11 is 7.33. The smallest absolute Gasteiger partial charge is 0.263 e. The van der Waals surface area contributed by atoms with Crippen LogP contribution >= 0.6 is 23.4 Å². The number of hydrogen-bond donors (Lipinski definition) is 1. The molecule has 0 heterocycles. The Balaban J connectivity index is 2.23. The van der Waals surface area contributed by atoms with Crippen molar-refractivity contribution in [2.75, 3.05) is 11.0 Å². The van der Waals surface area contributed by atoms with Crippen molar-refractivity contribution in [3.05, 3.63) is 53.1 Å². The number of nitrogens with one attached hydrogen (secondary N) is 1. The normalized spacial score (nSPS) is 11.4. The number of benzene rings is 2. The molecule has 0 radical (unpaired) electrons. The average molecular weight is 370 g/mol. The Morgan fingerprint density at radius 3 is 2.43 bits per heavy atom. The summed E-state index contributed by atoms with van der Waals surface area (Å²) in [4.78, 5) is 0.869. The molecule has 0 saturated carbocycles. The van der Waals surface area contributed by atoms with Crippen LogP contribution in [-0.2, 0) is 16.4 Å². The van der Waals surface area contributed by atoms with Crippen molar-refractivity contribution >= 4 is 39.1 Å². The third kappa shape index (κ3) is 4.90. The van der Waals surface area contributed by atoms with Crippen molar-refractivity contribution in [3.63, 3.8) is 0 Å². The molecule has 1 N–H and O–H groups in total. The van der Waals surface area contributed by atoms with Crippen LogP contribution in [0.1, 0.15) is 25.3 Å². The first kappa shape index (κ1) is 18.2. The highest BCUT2D eigenvalue weighted by Gasteiger charge is 2.19. The molecule has 2 rings (SSSR count). The van der Waals surface area contributed by atoms with Crippen LogP contribution in [0, 0.1) is 0 Å². The molecule has 0 unspecified atom stereocenters. The first-order valence-corrected chi connectivity index (χ1v) is 10.5. The molecule has 6 heteroatoms. The summed E-state index contributed by atoms with van der Waals surface area (Å²) in [7, 11) is -3.66. The standard InChI is InChI=1S/C17H20ClNO2S2/c1-3-4-5-13-6-9-15(10-7-13)19-23(20,21)17-12-14(18)8-11-16(17)22-2/h6-12,19H,3-5H2,1-2H3. The van der Waals surface area contributed by atoms with Gasteiger partial charge in [-0.1, -0.05) is 37.1 Å². The highest BCUT2D eigenvalue weighted by Crippen LogP contribution is 2.29. The van der Waals surface area contributed by atoms with Gasteiger partial charge in [0, 0.05) is 15.6 Å². The van der Waals surface area contributed by atoms with Gasteiger partial charge in [-0.3, -0.25) is 4.72 Å². The maximum atomic E-state index is 12.6. The van der Waals surface area contributed by atoms with E-state index >= 15 is 0 Å². The lowest BCUT2D eigenvalue weighted by Gasteiger charge is -2.12. The molecule has 124 valence electrons. The summed E-state index contributed by atoms with van der Waals surface area (Å²) < 4.78 is 27.8. The zero-order valence-electron chi connectivity index (χ0n) is 13.2. The van der Waals surface area contributed by atoms with Gasteiger partial charge >= 0.3 is 0 Å². The van der Waals surface area contributed by atoms with Crippen LogP contribution in [0.4, 0.5) is 5.69 Å². The summed E-state index contributed by atoms with van der Waals surface area (Å²) in [5.41, 5.74) is 1.76. The molecule has 0 spiro atoms. The molecule has 3 nitrogen and oxygen atoms in total. The largest absolute Gasteiger partial charge is 0.280 e. The Kier molecular flexibility index (Phi) is 6.39. The Bertz CT molecular complexity index is 759. The SMILES string of the molecule is CCCCc1ccc(NS(=O)(=O)c2cc(Cl)ccc2SC)cc1. The van der Waals surface area contributed by atoms with Crippen LogP contribution < -0.4 is 4.72 Å². The predicted octanol–water partition coefficient (Wildman–Crippen LogP) is 5.21. The van der Waals surface area contributed by atoms with Gasteiger partial charge in [0.05, 0.1) is 0 Å². The van der Waals surface area contributed by atoms with Crippen molar-refractivity contribution in [2.45, 2.75) is 36.0 Å². The van der Waals surface area contributed by atoms with E-state index in [0.717, 1.165) is 19.3 Å². The molecule has 0 aromatic heterocycles. The minimum atomic E-state index is -3.66. The molecule has 2 aromatic rings. The van der Waals surface area contributed by atoms with Crippen LogP contribution in [0.15, 0.2) is 52.3 Å². The summed E-state index contributed by atoms with van der Waals surface area (Å²) in [6, 6.07) is 12.4. The van der Waals surface area contributed by atoms with E-state index < -0.39 is 10.0 Å². The predicted molar refractivity (Wildman–Crippen MR) is 99.1 cm³/mol. The van der Waals surface area contributed by atoms with Crippen molar-refractivity contribution in [1.29, 1.82) is 0 Å². The Hall–Kier alpha value is -1.17. The summed E-state index contributed by atoms with van der Waals surface area (Å²) in [6.07, 6.45) is 5.12. The Labute approximate surface area is 147 Å². The third-order valence-corrected chi connectivity index (χ3v) is 6.02. The maximum absolute atomic E-state index is 12.6. The van der Waals surface area contributed by atoms with Gasteiger partial charge in [-0.15, -0.1) is 11.8 Å². The zero-order valence-corrected chi connectivity index (χ0v) is 15.6. The molecular formula is C17H20ClNO2S2. The maximum Gasteiger partial charge on any atom is 0.263 e. The molecule has 0 bridgehead atoms. The number of sulfonamides is 1. The lowest BCUT2D eigenvalue weighted by molar-refractivity contribution is 0.599. The molecule has 2 aromatic carbocycles. The number of anilines is 1. The lowest BCUT2D eigenvalue weighted by atomic mass is 10.1. The number of unbranched alkanes of at least 4 members (excludes halogenated alkanes) is 1. The van der Waals surface area contributed by atoms with Gasteiger partial charge in [-0.25, -0.2) is 8.42 Å². The van der Waals surface area contributed by atoms with Gasteiger partial charge in [0.15, 0.2) is 0 Å². The second-order valence-corrected chi connectivity index (χ2v) is 8.14. The fraction of sp³-hybridized carbons (Fsp3) is 0.294. The Morgan fingerprint density at radius 1 is 1.13 bits per heavy atom. The number of aryl methyl sites for hydroxylation is 1. The molecule has 0 amide bonds. The number of rotatable bonds is 7. The van der Waals surface area contributed by atoms with Crippen LogP contribution in [0.2, 0.25) is 5.02 Å². The van der Waals surface area contributed by atoms with E-state index in [1.807, 2.05) is 18.4 Å². The minimum absolute atomic E-state index is 0.201. The van der Waals surface area contributed by atoms with Gasteiger partial charge in [0.2, 0.25) is 0 Å². The molecule has 0 aliphatic rings. The van der Waals surface area contributed by atoms with Crippen molar-refractivity contribution in [1.82, 2.24) is 0 Å². The molecule has 0 atom stereocenters. The van der Waals surface area contributed by atoms with Gasteiger partial charge in [-0.2, -0.15) is 0 Å². The minimum Gasteiger partial charge on any atom is -0.280 e. The summed E-state index contributed by atoms with van der Waals surface area (Å²) in [6.45, 7) is 2.15. The van der Waals surface area contributed by atoms with Crippen LogP contribution in [0.3, 0.4) is 0 Å². The molecule has 0 aliphatic carbocycles. The van der Waals surface area contributed by atoms with Gasteiger partial charge in [-0.05, 0) is 55.0 Å². The lowest BCUT2D eigenvalue weighted by Crippen LogP contribution is -2.14. The summed E-state index contributed by atoms with van der Waals surface area (Å²) in [5.74, 6) is 0. The first-order chi connectivity index (χ1) is 11.0. The van der Waals surface area contributed by atoms with Crippen molar-refractivity contribution < 1.29 is 8.42 Å². The highest BCUT2D eigenvalue weighted by molar-refractivity contribution is 7.99. The van der Waals surface area contributed by atoms with Gasteiger partial charge in [0.1, 0.15) is 4.90 Å². The second kappa shape index (κ2) is 8.08. The van der Waals surface area contributed by atoms with Crippen LogP contribution in [-0.4, -0.2) is 14.7 Å². The van der Waals surface area contributed by atoms with E-state index in [2.05, 4.69) is 11.6 Å². The highest BCUT2D eigenvalue weighted by atomic mass is 35.5. The first-order valence-electron chi connectivity index (χ1n) is 7.41. The quantitative estimate of drug-likeness (QED) is 0.682. The monoisotopic (exact) mass is 369 g/mol. The van der Waals surface area contributed by atoms with Crippen molar-refractivity contribution in [3.8, 4) is 0 Å². The zero-order chi connectivity index (χ0) is 16.9. The fourth-order valence-corrected chi connectivity index (χ4v) is 4.64. The number of halogens is 1. The summed E-state index contributed by atoms with van der Waals surface area (Å²) in [5, 5.41) is 0.401. The topological polar surface area (TPSA) is 46.2 Å². The number of thioether (sulfide) groups is 1. The van der Waals surface area contributed by atoms with E-state index in [1.165, 1.54) is 23.4 Å². The van der Waals surface area contributed by atoms with E-state index in [-0.39, 0.29) is 4.90 Å². The van der Waals surface area contributed by atoms with Gasteiger partial charge in [0.25, 0.3) is 10.0 Å². The van der Waals surface area contributed by atoms with Crippen LogP contribution in [0.5, 0.6) is 0 Å². The molecular weight excluding hydrogens is 350 g/mol. The molecule has 0 fully saturated rings. The molecule has 0 aliphatic heterocycles. The second-order valence-electron chi connectivity index (χ2n) is 5.20. The molecule has 0 saturated heterocycles.